The number of aliphatic hydroxyl groups is 1. The van der Waals surface area contributed by atoms with Crippen LogP contribution in [0.25, 0.3) is 5.65 Å². The number of fused-ring (bicyclic) bond motifs is 2. The molecule has 3 unspecified atom stereocenters. The molecule has 0 radical (unpaired) electrons. The van der Waals surface area contributed by atoms with Gasteiger partial charge < -0.3 is 14.8 Å². The molecule has 0 amide bonds. The molecule has 2 heterocycles. The first-order valence-corrected chi connectivity index (χ1v) is 7.63. The standard InChI is InChI=1S/C18H19N3O/c1-11-10-21-9-5-8-15(18(21)19-11)20-16-14-7-4-3-6-13(14)12(2)17(16)22/h3-10,12,16-17,20,22H,1-2H3. The molecule has 2 aromatic heterocycles. The molecule has 0 spiro atoms. The van der Waals surface area contributed by atoms with Crippen LogP contribution in [0.15, 0.2) is 48.8 Å². The highest BCUT2D eigenvalue weighted by atomic mass is 16.3. The zero-order chi connectivity index (χ0) is 15.3. The number of hydrogen-bond donors (Lipinski definition) is 2. The molecule has 0 aliphatic heterocycles. The molecule has 4 nitrogen and oxygen atoms in total. The summed E-state index contributed by atoms with van der Waals surface area (Å²) in [6.07, 6.45) is 3.55. The second kappa shape index (κ2) is 4.85. The van der Waals surface area contributed by atoms with Crippen molar-refractivity contribution in [2.45, 2.75) is 31.9 Å². The number of benzene rings is 1. The lowest BCUT2D eigenvalue weighted by atomic mass is 10.0. The first-order chi connectivity index (χ1) is 10.6. The van der Waals surface area contributed by atoms with E-state index in [1.165, 1.54) is 11.1 Å². The molecule has 22 heavy (non-hydrogen) atoms. The Morgan fingerprint density at radius 3 is 2.73 bits per heavy atom. The topological polar surface area (TPSA) is 49.6 Å². The van der Waals surface area contributed by atoms with E-state index in [9.17, 15) is 5.11 Å². The van der Waals surface area contributed by atoms with E-state index in [0.717, 1.165) is 17.0 Å². The summed E-state index contributed by atoms with van der Waals surface area (Å²) in [5.74, 6) is 0.134. The van der Waals surface area contributed by atoms with Gasteiger partial charge in [-0.25, -0.2) is 4.98 Å². The number of aryl methyl sites for hydroxylation is 1. The number of hydrogen-bond acceptors (Lipinski definition) is 3. The van der Waals surface area contributed by atoms with Crippen molar-refractivity contribution in [1.82, 2.24) is 9.38 Å². The minimum Gasteiger partial charge on any atom is -0.390 e. The molecular weight excluding hydrogens is 274 g/mol. The van der Waals surface area contributed by atoms with Crippen molar-refractivity contribution in [2.75, 3.05) is 5.32 Å². The Morgan fingerprint density at radius 2 is 1.91 bits per heavy atom. The summed E-state index contributed by atoms with van der Waals surface area (Å²) in [7, 11) is 0. The van der Waals surface area contributed by atoms with Gasteiger partial charge in [0.05, 0.1) is 23.5 Å². The van der Waals surface area contributed by atoms with Gasteiger partial charge in [0.25, 0.3) is 0 Å². The SMILES string of the molecule is Cc1cn2cccc(NC3c4ccccc4C(C)C3O)c2n1. The Bertz CT molecular complexity index is 839. The lowest BCUT2D eigenvalue weighted by Crippen LogP contribution is -2.23. The zero-order valence-electron chi connectivity index (χ0n) is 12.7. The third-order valence-corrected chi connectivity index (χ3v) is 4.59. The largest absolute Gasteiger partial charge is 0.390 e. The predicted octanol–water partition coefficient (Wildman–Crippen LogP) is 3.27. The van der Waals surface area contributed by atoms with Crippen molar-refractivity contribution in [3.63, 3.8) is 0 Å². The molecule has 0 saturated carbocycles. The Balaban J connectivity index is 1.77. The maximum Gasteiger partial charge on any atom is 0.160 e. The van der Waals surface area contributed by atoms with Crippen LogP contribution in [0.5, 0.6) is 0 Å². The van der Waals surface area contributed by atoms with Crippen LogP contribution in [0.2, 0.25) is 0 Å². The molecule has 2 N–H and O–H groups in total. The molecule has 3 atom stereocenters. The highest BCUT2D eigenvalue weighted by Crippen LogP contribution is 2.42. The number of pyridine rings is 1. The first kappa shape index (κ1) is 13.3. The Morgan fingerprint density at radius 1 is 1.14 bits per heavy atom. The fourth-order valence-electron chi connectivity index (χ4n) is 3.44. The zero-order valence-corrected chi connectivity index (χ0v) is 12.7. The lowest BCUT2D eigenvalue weighted by molar-refractivity contribution is 0.143. The molecule has 4 rings (SSSR count). The van der Waals surface area contributed by atoms with Gasteiger partial charge in [-0.2, -0.15) is 0 Å². The second-order valence-corrected chi connectivity index (χ2v) is 6.07. The summed E-state index contributed by atoms with van der Waals surface area (Å²) in [6.45, 7) is 4.06. The summed E-state index contributed by atoms with van der Waals surface area (Å²) < 4.78 is 2.01. The van der Waals surface area contributed by atoms with Gasteiger partial charge >= 0.3 is 0 Å². The number of rotatable bonds is 2. The molecule has 4 heteroatoms. The average molecular weight is 293 g/mol. The average Bonchev–Trinajstić information content (AvgIpc) is 3.01. The summed E-state index contributed by atoms with van der Waals surface area (Å²) in [6, 6.07) is 12.2. The fourth-order valence-corrected chi connectivity index (χ4v) is 3.44. The molecule has 1 aliphatic carbocycles. The highest BCUT2D eigenvalue weighted by molar-refractivity contribution is 5.69. The number of anilines is 1. The van der Waals surface area contributed by atoms with Gasteiger partial charge in [0.2, 0.25) is 0 Å². The van der Waals surface area contributed by atoms with Crippen LogP contribution in [0.1, 0.15) is 35.7 Å². The molecule has 112 valence electrons. The maximum absolute atomic E-state index is 10.6. The van der Waals surface area contributed by atoms with E-state index < -0.39 is 6.10 Å². The van der Waals surface area contributed by atoms with Crippen molar-refractivity contribution in [3.8, 4) is 0 Å². The summed E-state index contributed by atoms with van der Waals surface area (Å²) in [5, 5.41) is 14.1. The lowest BCUT2D eigenvalue weighted by Gasteiger charge is -2.21. The molecule has 0 bridgehead atoms. The highest BCUT2D eigenvalue weighted by Gasteiger charge is 2.36. The van der Waals surface area contributed by atoms with E-state index in [2.05, 4.69) is 29.4 Å². The third-order valence-electron chi connectivity index (χ3n) is 4.59. The van der Waals surface area contributed by atoms with E-state index in [1.807, 2.05) is 48.0 Å². The van der Waals surface area contributed by atoms with E-state index in [0.29, 0.717) is 0 Å². The normalized spacial score (nSPS) is 23.7. The van der Waals surface area contributed by atoms with Gasteiger partial charge in [0.1, 0.15) is 0 Å². The number of nitrogens with zero attached hydrogens (tertiary/aromatic N) is 2. The predicted molar refractivity (Wildman–Crippen MR) is 87.2 cm³/mol. The van der Waals surface area contributed by atoms with Crippen molar-refractivity contribution in [3.05, 3.63) is 65.6 Å². The van der Waals surface area contributed by atoms with Crippen LogP contribution in [0.4, 0.5) is 5.69 Å². The van der Waals surface area contributed by atoms with Gasteiger partial charge in [-0.05, 0) is 30.2 Å². The van der Waals surface area contributed by atoms with Crippen LogP contribution in [-0.4, -0.2) is 20.6 Å². The van der Waals surface area contributed by atoms with Crippen LogP contribution >= 0.6 is 0 Å². The van der Waals surface area contributed by atoms with Crippen molar-refractivity contribution >= 4 is 11.3 Å². The maximum atomic E-state index is 10.6. The quantitative estimate of drug-likeness (QED) is 0.762. The van der Waals surface area contributed by atoms with E-state index in [1.54, 1.807) is 0 Å². The Hall–Kier alpha value is -2.33. The smallest absolute Gasteiger partial charge is 0.160 e. The van der Waals surface area contributed by atoms with Crippen molar-refractivity contribution in [2.24, 2.45) is 0 Å². The first-order valence-electron chi connectivity index (χ1n) is 7.63. The summed E-state index contributed by atoms with van der Waals surface area (Å²) in [4.78, 5) is 4.57. The third kappa shape index (κ3) is 1.91. The molecule has 3 aromatic rings. The second-order valence-electron chi connectivity index (χ2n) is 6.07. The van der Waals surface area contributed by atoms with Crippen molar-refractivity contribution in [1.29, 1.82) is 0 Å². The van der Waals surface area contributed by atoms with Crippen LogP contribution in [-0.2, 0) is 0 Å². The number of aromatic nitrogens is 2. The van der Waals surface area contributed by atoms with E-state index in [4.69, 9.17) is 0 Å². The monoisotopic (exact) mass is 293 g/mol. The Kier molecular flexibility index (Phi) is 2.94. The molecular formula is C18H19N3O. The summed E-state index contributed by atoms with van der Waals surface area (Å²) in [5.41, 5.74) is 5.22. The number of imidazole rings is 1. The van der Waals surface area contributed by atoms with Gasteiger partial charge in [-0.15, -0.1) is 0 Å². The number of nitrogens with one attached hydrogen (secondary N) is 1. The van der Waals surface area contributed by atoms with Crippen LogP contribution < -0.4 is 5.32 Å². The minimum atomic E-state index is -0.436. The molecule has 1 aromatic carbocycles. The van der Waals surface area contributed by atoms with Crippen molar-refractivity contribution < 1.29 is 5.11 Å². The minimum absolute atomic E-state index is 0.102. The van der Waals surface area contributed by atoms with E-state index in [-0.39, 0.29) is 12.0 Å². The summed E-state index contributed by atoms with van der Waals surface area (Å²) >= 11 is 0. The molecule has 0 fully saturated rings. The van der Waals surface area contributed by atoms with E-state index >= 15 is 0 Å². The van der Waals surface area contributed by atoms with Crippen LogP contribution in [0, 0.1) is 6.92 Å². The fraction of sp³-hybridized carbons (Fsp3) is 0.278. The molecule has 1 aliphatic rings. The van der Waals surface area contributed by atoms with Gasteiger partial charge in [-0.3, -0.25) is 0 Å². The number of aliphatic hydroxyl groups excluding tert-OH is 1. The molecule has 0 saturated heterocycles. The van der Waals surface area contributed by atoms with Gasteiger partial charge in [-0.1, -0.05) is 31.2 Å². The van der Waals surface area contributed by atoms with Crippen LogP contribution in [0.3, 0.4) is 0 Å². The van der Waals surface area contributed by atoms with Gasteiger partial charge in [0.15, 0.2) is 5.65 Å². The van der Waals surface area contributed by atoms with Gasteiger partial charge in [0, 0.05) is 18.3 Å². The Labute approximate surface area is 129 Å².